The number of carbonyl (C=O) groups excluding carboxylic acids is 1. The number of hydrogen-bond donors (Lipinski definition) is 1. The van der Waals surface area contributed by atoms with Gasteiger partial charge >= 0.3 is 0 Å². The van der Waals surface area contributed by atoms with Gasteiger partial charge in [-0.1, -0.05) is 35.5 Å². The molecule has 1 saturated heterocycles. The zero-order valence-electron chi connectivity index (χ0n) is 18.1. The molecule has 32 heavy (non-hydrogen) atoms. The van der Waals surface area contributed by atoms with E-state index < -0.39 is 15.1 Å². The van der Waals surface area contributed by atoms with Crippen molar-refractivity contribution in [2.24, 2.45) is 0 Å². The van der Waals surface area contributed by atoms with Crippen molar-refractivity contribution in [3.8, 4) is 17.2 Å². The van der Waals surface area contributed by atoms with Crippen molar-refractivity contribution in [2.75, 3.05) is 11.5 Å². The molecule has 2 aromatic heterocycles. The molecule has 1 aliphatic heterocycles. The van der Waals surface area contributed by atoms with E-state index in [1.165, 1.54) is 11.8 Å². The highest BCUT2D eigenvalue weighted by Crippen LogP contribution is 2.31. The van der Waals surface area contributed by atoms with Crippen LogP contribution in [0, 0.1) is 13.8 Å². The number of benzene rings is 1. The minimum Gasteiger partial charge on any atom is -0.351 e. The molecule has 8 nitrogen and oxygen atoms in total. The Morgan fingerprint density at radius 2 is 2.03 bits per heavy atom. The van der Waals surface area contributed by atoms with Crippen molar-refractivity contribution in [1.82, 2.24) is 25.1 Å². The molecule has 3 aromatic rings. The van der Waals surface area contributed by atoms with Gasteiger partial charge in [0.05, 0.1) is 22.4 Å². The van der Waals surface area contributed by atoms with E-state index in [2.05, 4.69) is 26.6 Å². The van der Waals surface area contributed by atoms with Gasteiger partial charge in [0.2, 0.25) is 5.91 Å². The van der Waals surface area contributed by atoms with Crippen LogP contribution in [-0.4, -0.2) is 56.9 Å². The number of nitrogens with zero attached hydrogens (tertiary/aromatic N) is 4. The number of sulfone groups is 1. The van der Waals surface area contributed by atoms with Crippen LogP contribution >= 0.6 is 11.8 Å². The van der Waals surface area contributed by atoms with Crippen LogP contribution in [0.5, 0.6) is 0 Å². The maximum absolute atomic E-state index is 12.8. The van der Waals surface area contributed by atoms with Gasteiger partial charge in [-0.3, -0.25) is 14.3 Å². The van der Waals surface area contributed by atoms with E-state index in [-0.39, 0.29) is 23.5 Å². The lowest BCUT2D eigenvalue weighted by Gasteiger charge is -2.17. The predicted molar refractivity (Wildman–Crippen MR) is 125 cm³/mol. The molecule has 0 radical (unpaired) electrons. The molecule has 3 heterocycles. The lowest BCUT2D eigenvalue weighted by Crippen LogP contribution is -2.40. The quantitative estimate of drug-likeness (QED) is 0.551. The second-order valence-corrected chi connectivity index (χ2v) is 11.6. The van der Waals surface area contributed by atoms with Crippen LogP contribution in [0.2, 0.25) is 0 Å². The van der Waals surface area contributed by atoms with E-state index in [0.717, 1.165) is 16.8 Å². The number of hydrogen-bond acceptors (Lipinski definition) is 7. The highest BCUT2D eigenvalue weighted by Gasteiger charge is 2.31. The van der Waals surface area contributed by atoms with Crippen LogP contribution in [-0.2, 0) is 14.6 Å². The summed E-state index contributed by atoms with van der Waals surface area (Å²) in [6.45, 7) is 5.84. The Morgan fingerprint density at radius 3 is 2.69 bits per heavy atom. The monoisotopic (exact) mass is 471 g/mol. The fourth-order valence-corrected chi connectivity index (χ4v) is 6.26. The van der Waals surface area contributed by atoms with Crippen molar-refractivity contribution >= 4 is 27.5 Å². The molecule has 4 rings (SSSR count). The van der Waals surface area contributed by atoms with Crippen molar-refractivity contribution in [1.29, 1.82) is 0 Å². The second kappa shape index (κ2) is 9.03. The first-order valence-electron chi connectivity index (χ1n) is 10.4. The van der Waals surface area contributed by atoms with Gasteiger partial charge in [-0.15, -0.1) is 10.2 Å². The fourth-order valence-electron chi connectivity index (χ4n) is 3.72. The van der Waals surface area contributed by atoms with Crippen LogP contribution in [0.1, 0.15) is 24.5 Å². The number of thioether (sulfide) groups is 1. The van der Waals surface area contributed by atoms with Gasteiger partial charge in [0.25, 0.3) is 0 Å². The Morgan fingerprint density at radius 1 is 1.22 bits per heavy atom. The number of rotatable bonds is 6. The minimum absolute atomic E-state index is 0.00129. The minimum atomic E-state index is -3.06. The second-order valence-electron chi connectivity index (χ2n) is 8.02. The number of carbonyl (C=O) groups is 1. The summed E-state index contributed by atoms with van der Waals surface area (Å²) in [7, 11) is -3.06. The highest BCUT2D eigenvalue weighted by molar-refractivity contribution is 8.00. The Balaban J connectivity index is 1.64. The summed E-state index contributed by atoms with van der Waals surface area (Å²) in [5, 5.41) is 11.7. The van der Waals surface area contributed by atoms with Crippen molar-refractivity contribution in [2.45, 2.75) is 43.6 Å². The molecule has 1 amide bonds. The predicted octanol–water partition coefficient (Wildman–Crippen LogP) is 2.73. The summed E-state index contributed by atoms with van der Waals surface area (Å²) in [6, 6.07) is 11.4. The first kappa shape index (κ1) is 22.5. The number of nitrogens with one attached hydrogen (secondary N) is 1. The third-order valence-electron chi connectivity index (χ3n) is 5.35. The van der Waals surface area contributed by atoms with Crippen LogP contribution < -0.4 is 5.32 Å². The topological polar surface area (TPSA) is 107 Å². The molecule has 1 N–H and O–H groups in total. The molecule has 2 atom stereocenters. The molecule has 0 aliphatic carbocycles. The molecular weight excluding hydrogens is 446 g/mol. The molecule has 2 unspecified atom stereocenters. The smallest absolute Gasteiger partial charge is 0.233 e. The number of amides is 1. The summed E-state index contributed by atoms with van der Waals surface area (Å²) in [6.07, 6.45) is 2.16. The third-order valence-corrected chi connectivity index (χ3v) is 8.16. The maximum atomic E-state index is 12.8. The third kappa shape index (κ3) is 4.86. The van der Waals surface area contributed by atoms with Crippen molar-refractivity contribution in [3.63, 3.8) is 0 Å². The summed E-state index contributed by atoms with van der Waals surface area (Å²) >= 11 is 1.28. The Kier molecular flexibility index (Phi) is 6.34. The highest BCUT2D eigenvalue weighted by atomic mass is 32.2. The standard InChI is InChI=1S/C22H25N5O3S2/c1-14-7-8-19(15(2)12-14)27-20(18-6-4-5-10-23-18)25-26-22(27)31-16(3)21(28)24-17-9-11-32(29,30)13-17/h4-8,10,12,16-17H,9,11,13H2,1-3H3,(H,24,28). The largest absolute Gasteiger partial charge is 0.351 e. The Labute approximate surface area is 191 Å². The van der Waals surface area contributed by atoms with Gasteiger partial charge in [0.1, 0.15) is 5.69 Å². The molecule has 0 saturated carbocycles. The molecule has 1 aromatic carbocycles. The summed E-state index contributed by atoms with van der Waals surface area (Å²) in [5.41, 5.74) is 3.79. The van der Waals surface area contributed by atoms with Gasteiger partial charge in [0.15, 0.2) is 20.8 Å². The van der Waals surface area contributed by atoms with Gasteiger partial charge < -0.3 is 5.32 Å². The first-order valence-corrected chi connectivity index (χ1v) is 13.1. The lowest BCUT2D eigenvalue weighted by atomic mass is 10.1. The van der Waals surface area contributed by atoms with Crippen molar-refractivity contribution < 1.29 is 13.2 Å². The average molecular weight is 472 g/mol. The van der Waals surface area contributed by atoms with Crippen LogP contribution in [0.25, 0.3) is 17.2 Å². The van der Waals surface area contributed by atoms with Gasteiger partial charge in [-0.05, 0) is 51.0 Å². The molecule has 0 bridgehead atoms. The zero-order valence-corrected chi connectivity index (χ0v) is 19.8. The molecule has 1 aliphatic rings. The fraction of sp³-hybridized carbons (Fsp3) is 0.364. The van der Waals surface area contributed by atoms with E-state index in [0.29, 0.717) is 23.1 Å². The van der Waals surface area contributed by atoms with Crippen LogP contribution in [0.4, 0.5) is 0 Å². The van der Waals surface area contributed by atoms with Crippen LogP contribution in [0.15, 0.2) is 47.8 Å². The number of aryl methyl sites for hydroxylation is 2. The maximum Gasteiger partial charge on any atom is 0.233 e. The van der Waals surface area contributed by atoms with Gasteiger partial charge in [-0.25, -0.2) is 8.42 Å². The Hall–Kier alpha value is -2.72. The van der Waals surface area contributed by atoms with E-state index in [1.54, 1.807) is 13.1 Å². The Bertz CT molecular complexity index is 1240. The van der Waals surface area contributed by atoms with Crippen LogP contribution in [0.3, 0.4) is 0 Å². The summed E-state index contributed by atoms with van der Waals surface area (Å²) in [4.78, 5) is 17.2. The number of pyridine rings is 1. The molecule has 0 spiro atoms. The summed E-state index contributed by atoms with van der Waals surface area (Å²) < 4.78 is 25.3. The zero-order chi connectivity index (χ0) is 22.9. The molecular formula is C22H25N5O3S2. The van der Waals surface area contributed by atoms with Gasteiger partial charge in [0, 0.05) is 12.2 Å². The summed E-state index contributed by atoms with van der Waals surface area (Å²) in [5.74, 6) is 0.494. The molecule has 1 fully saturated rings. The normalized spacial score (nSPS) is 18.4. The lowest BCUT2D eigenvalue weighted by molar-refractivity contribution is -0.120. The number of aromatic nitrogens is 4. The van der Waals surface area contributed by atoms with E-state index in [9.17, 15) is 13.2 Å². The molecule has 10 heteroatoms. The van der Waals surface area contributed by atoms with Gasteiger partial charge in [-0.2, -0.15) is 0 Å². The van der Waals surface area contributed by atoms with E-state index in [4.69, 9.17) is 0 Å². The SMILES string of the molecule is Cc1ccc(-n2c(SC(C)C(=O)NC3CCS(=O)(=O)C3)nnc2-c2ccccn2)c(C)c1. The average Bonchev–Trinajstić information content (AvgIpc) is 3.31. The van der Waals surface area contributed by atoms with Crippen molar-refractivity contribution in [3.05, 3.63) is 53.7 Å². The van der Waals surface area contributed by atoms with E-state index in [1.807, 2.05) is 48.7 Å². The molecule has 168 valence electrons. The first-order chi connectivity index (χ1) is 15.2. The van der Waals surface area contributed by atoms with E-state index >= 15 is 0 Å².